The van der Waals surface area contributed by atoms with Crippen molar-refractivity contribution in [1.29, 1.82) is 0 Å². The number of rotatable bonds is 19. The molecule has 2 aromatic rings. The summed E-state index contributed by atoms with van der Waals surface area (Å²) in [5.74, 6) is 2.10. The molecular weight excluding hydrogens is 432 g/mol. The lowest BCUT2D eigenvalue weighted by Gasteiger charge is -2.14. The number of benzene rings is 1. The summed E-state index contributed by atoms with van der Waals surface area (Å²) in [6, 6.07) is 5.97. The number of nitrogens with two attached hydrogens (primary N) is 1. The highest BCUT2D eigenvalue weighted by Crippen LogP contribution is 2.29. The van der Waals surface area contributed by atoms with E-state index in [1.165, 1.54) is 75.5 Å². The van der Waals surface area contributed by atoms with Gasteiger partial charge in [0.2, 0.25) is 5.13 Å². The first-order valence-corrected chi connectivity index (χ1v) is 13.5. The first-order valence-electron chi connectivity index (χ1n) is 12.6. The van der Waals surface area contributed by atoms with E-state index in [9.17, 15) is 0 Å². The van der Waals surface area contributed by atoms with Crippen LogP contribution in [0.2, 0.25) is 0 Å². The lowest BCUT2D eigenvalue weighted by Crippen LogP contribution is -2.03. The van der Waals surface area contributed by atoms with Crippen LogP contribution in [0.1, 0.15) is 96.5 Å². The molecule has 0 spiro atoms. The van der Waals surface area contributed by atoms with Gasteiger partial charge in [-0.05, 0) is 36.6 Å². The first-order chi connectivity index (χ1) is 16.2. The molecule has 1 aromatic heterocycles. The van der Waals surface area contributed by atoms with Crippen LogP contribution in [-0.4, -0.2) is 24.4 Å². The summed E-state index contributed by atoms with van der Waals surface area (Å²) < 4.78 is 12.2. The van der Waals surface area contributed by atoms with Gasteiger partial charge in [0.05, 0.1) is 19.4 Å². The van der Waals surface area contributed by atoms with Gasteiger partial charge >= 0.3 is 0 Å². The fourth-order valence-electron chi connectivity index (χ4n) is 3.47. The summed E-state index contributed by atoms with van der Waals surface area (Å²) in [5, 5.41) is 6.71. The molecule has 0 bridgehead atoms. The number of nitrogens with one attached hydrogen (secondary N) is 1. The van der Waals surface area contributed by atoms with Gasteiger partial charge in [-0.2, -0.15) is 5.10 Å². The molecule has 33 heavy (non-hydrogen) atoms. The van der Waals surface area contributed by atoms with Crippen LogP contribution in [0, 0.1) is 0 Å². The van der Waals surface area contributed by atoms with Crippen LogP contribution in [-0.2, 0) is 0 Å². The van der Waals surface area contributed by atoms with E-state index in [1.807, 2.05) is 18.2 Å². The molecule has 0 radical (unpaired) electrons. The van der Waals surface area contributed by atoms with Crippen LogP contribution in [0.4, 0.5) is 10.9 Å². The molecule has 0 aliphatic heterocycles. The first kappa shape index (κ1) is 27.0. The van der Waals surface area contributed by atoms with E-state index in [2.05, 4.69) is 29.4 Å². The van der Waals surface area contributed by atoms with Crippen LogP contribution in [0.25, 0.3) is 0 Å². The third-order valence-electron chi connectivity index (χ3n) is 5.37. The van der Waals surface area contributed by atoms with Gasteiger partial charge in [0.25, 0.3) is 0 Å². The van der Waals surface area contributed by atoms with Gasteiger partial charge in [0, 0.05) is 5.38 Å². The molecular formula is C26H42N4O2S. The highest BCUT2D eigenvalue weighted by atomic mass is 32.1. The van der Waals surface area contributed by atoms with Crippen LogP contribution in [0.5, 0.6) is 11.5 Å². The number of hydrogen-bond acceptors (Lipinski definition) is 7. The fraction of sp³-hybridized carbons (Fsp3) is 0.615. The molecule has 0 aliphatic carbocycles. The lowest BCUT2D eigenvalue weighted by atomic mass is 10.1. The van der Waals surface area contributed by atoms with Crippen LogP contribution in [0.3, 0.4) is 0 Å². The molecule has 3 N–H and O–H groups in total. The van der Waals surface area contributed by atoms with E-state index >= 15 is 0 Å². The van der Waals surface area contributed by atoms with Crippen molar-refractivity contribution in [2.24, 2.45) is 5.10 Å². The highest BCUT2D eigenvalue weighted by Gasteiger charge is 2.07. The number of hydrogen-bond donors (Lipinski definition) is 2. The van der Waals surface area contributed by atoms with Crippen molar-refractivity contribution in [1.82, 2.24) is 4.98 Å². The number of nitrogen functional groups attached to an aromatic ring is 1. The Labute approximate surface area is 204 Å². The molecule has 1 heterocycles. The second kappa shape index (κ2) is 17.2. The maximum Gasteiger partial charge on any atom is 0.205 e. The van der Waals surface area contributed by atoms with Crippen LogP contribution in [0.15, 0.2) is 28.7 Å². The predicted octanol–water partition coefficient (Wildman–Crippen LogP) is 7.65. The van der Waals surface area contributed by atoms with E-state index in [4.69, 9.17) is 15.2 Å². The standard InChI is InChI=1S/C26H42N4O2S/c1-3-5-7-9-11-13-17-31-23-16-15-22(20-28-30-26-29-25(27)21-33-26)19-24(23)32-18-14-12-10-8-6-4-2/h15-16,19-21H,3-14,17-18,27H2,1-2H3,(H,29,30). The number of thiazole rings is 1. The molecule has 6 nitrogen and oxygen atoms in total. The van der Waals surface area contributed by atoms with Gasteiger partial charge in [0.15, 0.2) is 11.5 Å². The number of hydrazone groups is 1. The quantitative estimate of drug-likeness (QED) is 0.124. The van der Waals surface area contributed by atoms with Gasteiger partial charge in [-0.1, -0.05) is 78.1 Å². The Bertz CT molecular complexity index is 794. The molecule has 7 heteroatoms. The van der Waals surface area contributed by atoms with Gasteiger partial charge in [-0.3, -0.25) is 5.43 Å². The number of unbranched alkanes of at least 4 members (excludes halogenated alkanes) is 10. The Kier molecular flexibility index (Phi) is 14.1. The predicted molar refractivity (Wildman–Crippen MR) is 142 cm³/mol. The van der Waals surface area contributed by atoms with E-state index in [0.29, 0.717) is 17.6 Å². The fourth-order valence-corrected chi connectivity index (χ4v) is 4.01. The molecule has 0 atom stereocenters. The second-order valence-electron chi connectivity index (χ2n) is 8.39. The van der Waals surface area contributed by atoms with Gasteiger partial charge < -0.3 is 15.2 Å². The number of nitrogens with zero attached hydrogens (tertiary/aromatic N) is 2. The van der Waals surface area contributed by atoms with Crippen molar-refractivity contribution in [2.75, 3.05) is 24.4 Å². The molecule has 2 rings (SSSR count). The van der Waals surface area contributed by atoms with Crippen molar-refractivity contribution in [3.8, 4) is 11.5 Å². The van der Waals surface area contributed by atoms with E-state index in [1.54, 1.807) is 11.6 Å². The number of ether oxygens (including phenoxy) is 2. The molecule has 0 saturated carbocycles. The summed E-state index contributed by atoms with van der Waals surface area (Å²) >= 11 is 1.42. The summed E-state index contributed by atoms with van der Waals surface area (Å²) in [6.45, 7) is 5.92. The molecule has 0 unspecified atom stereocenters. The highest BCUT2D eigenvalue weighted by molar-refractivity contribution is 7.14. The minimum absolute atomic E-state index is 0.495. The van der Waals surface area contributed by atoms with Crippen molar-refractivity contribution < 1.29 is 9.47 Å². The van der Waals surface area contributed by atoms with E-state index in [-0.39, 0.29) is 0 Å². The topological polar surface area (TPSA) is 81.8 Å². The van der Waals surface area contributed by atoms with Gasteiger partial charge in [0.1, 0.15) is 5.82 Å². The Hall–Kier alpha value is -2.28. The van der Waals surface area contributed by atoms with Gasteiger partial charge in [-0.25, -0.2) is 4.98 Å². The Balaban J connectivity index is 1.87. The molecule has 184 valence electrons. The zero-order valence-corrected chi connectivity index (χ0v) is 21.3. The normalized spacial score (nSPS) is 11.2. The minimum Gasteiger partial charge on any atom is -0.490 e. The lowest BCUT2D eigenvalue weighted by molar-refractivity contribution is 0.258. The van der Waals surface area contributed by atoms with E-state index in [0.717, 1.165) is 36.5 Å². The summed E-state index contributed by atoms with van der Waals surface area (Å²) in [4.78, 5) is 4.14. The third kappa shape index (κ3) is 11.9. The molecule has 1 aromatic carbocycles. The van der Waals surface area contributed by atoms with Crippen LogP contribution >= 0.6 is 11.3 Å². The van der Waals surface area contributed by atoms with Crippen molar-refractivity contribution in [2.45, 2.75) is 90.9 Å². The van der Waals surface area contributed by atoms with Crippen molar-refractivity contribution >= 4 is 28.5 Å². The molecule has 0 saturated heterocycles. The molecule has 0 fully saturated rings. The average molecular weight is 475 g/mol. The Morgan fingerprint density at radius 1 is 0.879 bits per heavy atom. The maximum absolute atomic E-state index is 6.13. The molecule has 0 amide bonds. The van der Waals surface area contributed by atoms with Crippen LogP contribution < -0.4 is 20.6 Å². The number of aromatic nitrogens is 1. The van der Waals surface area contributed by atoms with E-state index < -0.39 is 0 Å². The molecule has 0 aliphatic rings. The third-order valence-corrected chi connectivity index (χ3v) is 6.14. The summed E-state index contributed by atoms with van der Waals surface area (Å²) in [5.41, 5.74) is 9.50. The monoisotopic (exact) mass is 474 g/mol. The zero-order valence-electron chi connectivity index (χ0n) is 20.5. The van der Waals surface area contributed by atoms with Crippen molar-refractivity contribution in [3.05, 3.63) is 29.1 Å². The Morgan fingerprint density at radius 2 is 1.48 bits per heavy atom. The maximum atomic E-state index is 6.13. The second-order valence-corrected chi connectivity index (χ2v) is 9.24. The SMILES string of the molecule is CCCCCCCCOc1ccc(C=NNc2nc(N)cs2)cc1OCCCCCCCC. The van der Waals surface area contributed by atoms with Crippen molar-refractivity contribution in [3.63, 3.8) is 0 Å². The smallest absolute Gasteiger partial charge is 0.205 e. The zero-order chi connectivity index (χ0) is 23.6. The largest absolute Gasteiger partial charge is 0.490 e. The number of anilines is 2. The summed E-state index contributed by atoms with van der Waals surface area (Å²) in [6.07, 6.45) is 16.7. The van der Waals surface area contributed by atoms with Gasteiger partial charge in [-0.15, -0.1) is 11.3 Å². The summed E-state index contributed by atoms with van der Waals surface area (Å²) in [7, 11) is 0. The minimum atomic E-state index is 0.495. The Morgan fingerprint density at radius 3 is 2.09 bits per heavy atom. The average Bonchev–Trinajstić information content (AvgIpc) is 3.23.